The summed E-state index contributed by atoms with van der Waals surface area (Å²) < 4.78 is 0. The summed E-state index contributed by atoms with van der Waals surface area (Å²) in [6.45, 7) is 11.8. The number of nitrogens with two attached hydrogens (primary N) is 1. The molecule has 1 saturated heterocycles. The third-order valence-corrected chi connectivity index (χ3v) is 5.42. The molecule has 1 atom stereocenters. The zero-order valence-electron chi connectivity index (χ0n) is 18.5. The zero-order valence-corrected chi connectivity index (χ0v) is 19.3. The van der Waals surface area contributed by atoms with Crippen molar-refractivity contribution in [3.63, 3.8) is 0 Å². The minimum Gasteiger partial charge on any atom is -0.358 e. The number of aliphatic imine (C=N–C) groups is 2. The van der Waals surface area contributed by atoms with Crippen LogP contribution >= 0.6 is 11.6 Å². The van der Waals surface area contributed by atoms with Gasteiger partial charge in [-0.2, -0.15) is 0 Å². The first-order valence-electron chi connectivity index (χ1n) is 10.4. The fourth-order valence-corrected chi connectivity index (χ4v) is 4.05. The summed E-state index contributed by atoms with van der Waals surface area (Å²) in [5, 5.41) is 4.16. The van der Waals surface area contributed by atoms with E-state index in [4.69, 9.17) is 17.3 Å². The van der Waals surface area contributed by atoms with Crippen molar-refractivity contribution in [2.75, 3.05) is 39.2 Å². The van der Waals surface area contributed by atoms with E-state index in [1.54, 1.807) is 0 Å². The summed E-state index contributed by atoms with van der Waals surface area (Å²) in [7, 11) is 4.05. The van der Waals surface area contributed by atoms with Gasteiger partial charge in [-0.15, -0.1) is 0 Å². The van der Waals surface area contributed by atoms with Gasteiger partial charge in [0.05, 0.1) is 12.7 Å². The summed E-state index contributed by atoms with van der Waals surface area (Å²) in [4.78, 5) is 13.0. The molecule has 1 fully saturated rings. The molecule has 0 amide bonds. The Balaban J connectivity index is 2.39. The predicted octanol–water partition coefficient (Wildman–Crippen LogP) is 4.66. The molecular formula is C23H35ClN6. The smallest absolute Gasteiger partial charge is 0.130 e. The molecule has 1 aliphatic rings. The van der Waals surface area contributed by atoms with E-state index in [0.717, 1.165) is 65.9 Å². The van der Waals surface area contributed by atoms with Gasteiger partial charge in [-0.3, -0.25) is 4.99 Å². The largest absolute Gasteiger partial charge is 0.358 e. The molecule has 0 aromatic heterocycles. The number of hydrogen-bond donors (Lipinski definition) is 2. The van der Waals surface area contributed by atoms with Crippen molar-refractivity contribution in [1.29, 1.82) is 0 Å². The first-order chi connectivity index (χ1) is 14.3. The first-order valence-corrected chi connectivity index (χ1v) is 10.8. The third-order valence-electron chi connectivity index (χ3n) is 5.07. The van der Waals surface area contributed by atoms with E-state index in [1.807, 2.05) is 39.2 Å². The van der Waals surface area contributed by atoms with Gasteiger partial charge in [0.1, 0.15) is 5.82 Å². The van der Waals surface area contributed by atoms with Crippen LogP contribution in [0.25, 0.3) is 0 Å². The van der Waals surface area contributed by atoms with E-state index in [1.165, 1.54) is 6.42 Å². The molecule has 0 bridgehead atoms. The molecule has 30 heavy (non-hydrogen) atoms. The lowest BCUT2D eigenvalue weighted by atomic mass is 9.99. The average molecular weight is 431 g/mol. The maximum Gasteiger partial charge on any atom is 0.130 e. The molecule has 0 radical (unpaired) electrons. The highest BCUT2D eigenvalue weighted by Crippen LogP contribution is 2.38. The molecule has 1 aromatic carbocycles. The SMILES string of the molecule is C=N/C(=C\C(C)=NCN)N1CCCCCC1c1cc(NC(=C)CN(C)C)ccc1Cl. The number of anilines is 1. The molecule has 0 spiro atoms. The van der Waals surface area contributed by atoms with Crippen LogP contribution in [0, 0.1) is 0 Å². The number of benzene rings is 1. The topological polar surface area (TPSA) is 69.2 Å². The Kier molecular flexibility index (Phi) is 9.56. The molecule has 0 saturated carbocycles. The first kappa shape index (κ1) is 24.1. The van der Waals surface area contributed by atoms with Gasteiger partial charge in [0, 0.05) is 41.3 Å². The second kappa shape index (κ2) is 11.9. The second-order valence-electron chi connectivity index (χ2n) is 7.90. The molecule has 0 aliphatic carbocycles. The molecule has 1 unspecified atom stereocenters. The number of likely N-dealkylation sites (N-methyl/N-ethyl adjacent to an activating group) is 1. The normalized spacial score (nSPS) is 18.3. The Labute approximate surface area is 186 Å². The van der Waals surface area contributed by atoms with Crippen LogP contribution in [0.15, 0.2) is 52.4 Å². The Hall–Kier alpha value is -2.15. The van der Waals surface area contributed by atoms with Crippen LogP contribution in [-0.2, 0) is 0 Å². The van der Waals surface area contributed by atoms with Gasteiger partial charge < -0.3 is 20.9 Å². The Bertz CT molecular complexity index is 799. The van der Waals surface area contributed by atoms with Crippen LogP contribution in [0.3, 0.4) is 0 Å². The van der Waals surface area contributed by atoms with Crippen LogP contribution in [-0.4, -0.2) is 56.1 Å². The zero-order chi connectivity index (χ0) is 22.1. The maximum atomic E-state index is 6.68. The molecule has 6 nitrogen and oxygen atoms in total. The number of hydrogen-bond acceptors (Lipinski definition) is 6. The molecule has 1 heterocycles. The quantitative estimate of drug-likeness (QED) is 0.559. The lowest BCUT2D eigenvalue weighted by Gasteiger charge is -2.33. The number of rotatable bonds is 9. The Morgan fingerprint density at radius 1 is 1.37 bits per heavy atom. The van der Waals surface area contributed by atoms with Gasteiger partial charge in [-0.25, -0.2) is 4.99 Å². The summed E-state index contributed by atoms with van der Waals surface area (Å²) in [5.41, 5.74) is 9.42. The molecule has 3 N–H and O–H groups in total. The Morgan fingerprint density at radius 3 is 2.80 bits per heavy atom. The van der Waals surface area contributed by atoms with Crippen LogP contribution in [0.2, 0.25) is 5.02 Å². The molecular weight excluding hydrogens is 396 g/mol. The monoisotopic (exact) mass is 430 g/mol. The minimum atomic E-state index is 0.117. The maximum absolute atomic E-state index is 6.68. The average Bonchev–Trinajstić information content (AvgIpc) is 2.93. The van der Waals surface area contributed by atoms with Crippen molar-refractivity contribution in [2.24, 2.45) is 15.7 Å². The van der Waals surface area contributed by atoms with Crippen molar-refractivity contribution in [1.82, 2.24) is 9.80 Å². The number of allylic oxidation sites excluding steroid dienone is 1. The van der Waals surface area contributed by atoms with Crippen molar-refractivity contribution in [3.8, 4) is 0 Å². The van der Waals surface area contributed by atoms with Crippen LogP contribution in [0.5, 0.6) is 0 Å². The van der Waals surface area contributed by atoms with E-state index in [-0.39, 0.29) is 12.7 Å². The lowest BCUT2D eigenvalue weighted by Crippen LogP contribution is -2.28. The van der Waals surface area contributed by atoms with E-state index < -0.39 is 0 Å². The lowest BCUT2D eigenvalue weighted by molar-refractivity contribution is 0.258. The predicted molar refractivity (Wildman–Crippen MR) is 130 cm³/mol. The number of halogens is 1. The van der Waals surface area contributed by atoms with Crippen molar-refractivity contribution in [3.05, 3.63) is 53.0 Å². The standard InChI is InChI=1S/C23H35ClN6/c1-17(27-16-25)13-23(26-3)30-12-8-6-7-9-22(30)20-14-19(10-11-21(20)24)28-18(2)15-29(4)5/h10-11,13-14,22,28H,2-3,6-9,12,15-16,25H2,1,4-5H3/b23-13+,27-17?. The number of nitrogens with one attached hydrogen (secondary N) is 1. The van der Waals surface area contributed by atoms with E-state index in [2.05, 4.69) is 44.5 Å². The van der Waals surface area contributed by atoms with Crippen molar-refractivity contribution >= 4 is 29.7 Å². The second-order valence-corrected chi connectivity index (χ2v) is 8.31. The summed E-state index contributed by atoms with van der Waals surface area (Å²) in [6.07, 6.45) is 6.38. The minimum absolute atomic E-state index is 0.117. The summed E-state index contributed by atoms with van der Waals surface area (Å²) >= 11 is 6.68. The highest BCUT2D eigenvalue weighted by Gasteiger charge is 2.26. The molecule has 1 aliphatic heterocycles. The van der Waals surface area contributed by atoms with Gasteiger partial charge in [0.25, 0.3) is 0 Å². The highest BCUT2D eigenvalue weighted by atomic mass is 35.5. The van der Waals surface area contributed by atoms with Crippen LogP contribution in [0.1, 0.15) is 44.2 Å². The van der Waals surface area contributed by atoms with E-state index in [0.29, 0.717) is 0 Å². The van der Waals surface area contributed by atoms with Crippen LogP contribution in [0.4, 0.5) is 5.69 Å². The fourth-order valence-electron chi connectivity index (χ4n) is 3.80. The van der Waals surface area contributed by atoms with Gasteiger partial charge in [0.15, 0.2) is 0 Å². The molecule has 2 rings (SSSR count). The third kappa shape index (κ3) is 6.97. The molecule has 164 valence electrons. The highest BCUT2D eigenvalue weighted by molar-refractivity contribution is 6.31. The van der Waals surface area contributed by atoms with E-state index in [9.17, 15) is 0 Å². The van der Waals surface area contributed by atoms with Crippen molar-refractivity contribution < 1.29 is 0 Å². The molecule has 1 aromatic rings. The van der Waals surface area contributed by atoms with Crippen LogP contribution < -0.4 is 11.1 Å². The fraction of sp³-hybridized carbons (Fsp3) is 0.478. The summed E-state index contributed by atoms with van der Waals surface area (Å²) in [6, 6.07) is 6.20. The van der Waals surface area contributed by atoms with Crippen molar-refractivity contribution in [2.45, 2.75) is 38.6 Å². The van der Waals surface area contributed by atoms with Gasteiger partial charge >= 0.3 is 0 Å². The number of nitrogens with zero attached hydrogens (tertiary/aromatic N) is 4. The van der Waals surface area contributed by atoms with Gasteiger partial charge in [-0.1, -0.05) is 31.0 Å². The summed E-state index contributed by atoms with van der Waals surface area (Å²) in [5.74, 6) is 0.808. The number of likely N-dealkylation sites (tertiary alicyclic amines) is 1. The van der Waals surface area contributed by atoms with Gasteiger partial charge in [0.2, 0.25) is 0 Å². The van der Waals surface area contributed by atoms with E-state index >= 15 is 0 Å². The Morgan fingerprint density at radius 2 is 2.13 bits per heavy atom. The molecule has 7 heteroatoms. The van der Waals surface area contributed by atoms with Gasteiger partial charge in [-0.05, 0) is 64.3 Å².